The molecule has 2 heterocycles. The summed E-state index contributed by atoms with van der Waals surface area (Å²) in [4.78, 5) is 4.15. The van der Waals surface area contributed by atoms with Crippen molar-refractivity contribution in [2.45, 2.75) is 0 Å². The fourth-order valence-corrected chi connectivity index (χ4v) is 1.65. The quantitative estimate of drug-likeness (QED) is 0.723. The maximum Gasteiger partial charge on any atom is 0.137 e. The van der Waals surface area contributed by atoms with Crippen molar-refractivity contribution in [3.63, 3.8) is 0 Å². The third kappa shape index (κ3) is 1.20. The Balaban J connectivity index is 2.87. The molecule has 0 aromatic carbocycles. The molecule has 2 nitrogen and oxygen atoms in total. The van der Waals surface area contributed by atoms with Crippen molar-refractivity contribution in [2.24, 2.45) is 0 Å². The van der Waals surface area contributed by atoms with Crippen molar-refractivity contribution in [3.05, 3.63) is 33.6 Å². The van der Waals surface area contributed by atoms with E-state index in [-0.39, 0.29) is 0 Å². The highest BCUT2D eigenvalue weighted by Gasteiger charge is 1.98. The zero-order chi connectivity index (χ0) is 7.84. The number of nitrogens with zero attached hydrogens (tertiary/aromatic N) is 2. The van der Waals surface area contributed by atoms with Gasteiger partial charge >= 0.3 is 0 Å². The lowest BCUT2D eigenvalue weighted by atomic mass is 10.5. The number of rotatable bonds is 0. The van der Waals surface area contributed by atoms with Gasteiger partial charge in [-0.1, -0.05) is 0 Å². The van der Waals surface area contributed by atoms with E-state index in [1.165, 1.54) is 0 Å². The van der Waals surface area contributed by atoms with Gasteiger partial charge in [0.15, 0.2) is 0 Å². The summed E-state index contributed by atoms with van der Waals surface area (Å²) in [6.07, 6.45) is 3.74. The van der Waals surface area contributed by atoms with Crippen molar-refractivity contribution in [3.8, 4) is 0 Å². The SMILES string of the molecule is Brc1ccc2ncc(Br)n2c1. The van der Waals surface area contributed by atoms with Gasteiger partial charge in [-0.25, -0.2) is 4.98 Å². The predicted molar refractivity (Wildman–Crippen MR) is 50.6 cm³/mol. The summed E-state index contributed by atoms with van der Waals surface area (Å²) in [6.45, 7) is 0. The lowest BCUT2D eigenvalue weighted by Gasteiger charge is -1.94. The normalized spacial score (nSPS) is 10.7. The van der Waals surface area contributed by atoms with Gasteiger partial charge in [-0.3, -0.25) is 4.40 Å². The summed E-state index contributed by atoms with van der Waals surface area (Å²) in [5.74, 6) is 0. The molecule has 0 radical (unpaired) electrons. The van der Waals surface area contributed by atoms with Crippen LogP contribution in [0.25, 0.3) is 5.65 Å². The molecule has 0 saturated heterocycles. The highest BCUT2D eigenvalue weighted by Crippen LogP contribution is 2.16. The molecule has 0 amide bonds. The van der Waals surface area contributed by atoms with E-state index in [1.54, 1.807) is 6.20 Å². The Morgan fingerprint density at radius 3 is 2.91 bits per heavy atom. The monoisotopic (exact) mass is 274 g/mol. The molecule has 0 aliphatic carbocycles. The van der Waals surface area contributed by atoms with Gasteiger partial charge in [0.25, 0.3) is 0 Å². The number of imidazole rings is 1. The van der Waals surface area contributed by atoms with Crippen LogP contribution in [-0.4, -0.2) is 9.38 Å². The minimum absolute atomic E-state index is 0.945. The Hall–Kier alpha value is -0.350. The lowest BCUT2D eigenvalue weighted by molar-refractivity contribution is 1.14. The van der Waals surface area contributed by atoms with Gasteiger partial charge in [0.1, 0.15) is 10.3 Å². The van der Waals surface area contributed by atoms with Crippen LogP contribution in [0.4, 0.5) is 0 Å². The number of hydrogen-bond acceptors (Lipinski definition) is 1. The molecule has 2 aromatic rings. The minimum Gasteiger partial charge on any atom is -0.293 e. The van der Waals surface area contributed by atoms with Gasteiger partial charge < -0.3 is 0 Å². The zero-order valence-corrected chi connectivity index (χ0v) is 8.63. The standard InChI is InChI=1S/C7H4Br2N2/c8-5-1-2-7-10-3-6(9)11(7)4-5/h1-4H. The molecule has 2 aromatic heterocycles. The first kappa shape index (κ1) is 7.31. The van der Waals surface area contributed by atoms with Crippen LogP contribution in [0.3, 0.4) is 0 Å². The Morgan fingerprint density at radius 2 is 2.09 bits per heavy atom. The molecule has 4 heteroatoms. The highest BCUT2D eigenvalue weighted by atomic mass is 79.9. The van der Waals surface area contributed by atoms with Gasteiger partial charge in [-0.15, -0.1) is 0 Å². The van der Waals surface area contributed by atoms with Gasteiger partial charge in [-0.2, -0.15) is 0 Å². The van der Waals surface area contributed by atoms with Gasteiger partial charge in [0, 0.05) is 10.7 Å². The van der Waals surface area contributed by atoms with Crippen molar-refractivity contribution in [1.29, 1.82) is 0 Å². The van der Waals surface area contributed by atoms with Crippen LogP contribution < -0.4 is 0 Å². The number of fused-ring (bicyclic) bond motifs is 1. The smallest absolute Gasteiger partial charge is 0.137 e. The zero-order valence-electron chi connectivity index (χ0n) is 5.46. The van der Waals surface area contributed by atoms with E-state index in [1.807, 2.05) is 22.7 Å². The van der Waals surface area contributed by atoms with E-state index in [9.17, 15) is 0 Å². The van der Waals surface area contributed by atoms with Crippen LogP contribution in [0.5, 0.6) is 0 Å². The molecule has 11 heavy (non-hydrogen) atoms. The second-order valence-electron chi connectivity index (χ2n) is 2.16. The Kier molecular flexibility index (Phi) is 1.73. The molecule has 0 unspecified atom stereocenters. The number of hydrogen-bond donors (Lipinski definition) is 0. The third-order valence-electron chi connectivity index (χ3n) is 1.42. The number of halogens is 2. The van der Waals surface area contributed by atoms with Crippen LogP contribution in [0.1, 0.15) is 0 Å². The maximum atomic E-state index is 4.15. The molecule has 0 spiro atoms. The molecule has 0 saturated carbocycles. The first-order chi connectivity index (χ1) is 5.27. The fourth-order valence-electron chi connectivity index (χ4n) is 0.925. The summed E-state index contributed by atoms with van der Waals surface area (Å²) >= 11 is 6.76. The van der Waals surface area contributed by atoms with E-state index >= 15 is 0 Å². The van der Waals surface area contributed by atoms with E-state index in [0.717, 1.165) is 14.7 Å². The Labute approximate surface area is 80.5 Å². The van der Waals surface area contributed by atoms with E-state index < -0.39 is 0 Å². The molecule has 56 valence electrons. The van der Waals surface area contributed by atoms with Crippen molar-refractivity contribution >= 4 is 37.5 Å². The first-order valence-electron chi connectivity index (χ1n) is 3.05. The molecular weight excluding hydrogens is 272 g/mol. The number of aromatic nitrogens is 2. The number of pyridine rings is 1. The van der Waals surface area contributed by atoms with Crippen LogP contribution in [-0.2, 0) is 0 Å². The summed E-state index contributed by atoms with van der Waals surface area (Å²) < 4.78 is 3.97. The Bertz CT molecular complexity index is 394. The highest BCUT2D eigenvalue weighted by molar-refractivity contribution is 9.10. The average Bonchev–Trinajstić information content (AvgIpc) is 2.33. The van der Waals surface area contributed by atoms with Crippen LogP contribution in [0.15, 0.2) is 33.6 Å². The maximum absolute atomic E-state index is 4.15. The molecule has 2 rings (SSSR count). The molecule has 0 bridgehead atoms. The van der Waals surface area contributed by atoms with E-state index in [2.05, 4.69) is 36.8 Å². The molecule has 0 N–H and O–H groups in total. The molecule has 0 aliphatic heterocycles. The summed E-state index contributed by atoms with van der Waals surface area (Å²) in [7, 11) is 0. The molecule has 0 fully saturated rings. The topological polar surface area (TPSA) is 17.3 Å². The van der Waals surface area contributed by atoms with E-state index in [0.29, 0.717) is 0 Å². The van der Waals surface area contributed by atoms with Crippen molar-refractivity contribution in [2.75, 3.05) is 0 Å². The van der Waals surface area contributed by atoms with Crippen LogP contribution in [0.2, 0.25) is 0 Å². The largest absolute Gasteiger partial charge is 0.293 e. The molecular formula is C7H4Br2N2. The van der Waals surface area contributed by atoms with Gasteiger partial charge in [0.05, 0.1) is 6.20 Å². The van der Waals surface area contributed by atoms with Gasteiger partial charge in [-0.05, 0) is 44.0 Å². The van der Waals surface area contributed by atoms with Crippen LogP contribution in [0, 0.1) is 0 Å². The van der Waals surface area contributed by atoms with Crippen LogP contribution >= 0.6 is 31.9 Å². The summed E-state index contributed by atoms with van der Waals surface area (Å²) in [5.41, 5.74) is 0.945. The lowest BCUT2D eigenvalue weighted by Crippen LogP contribution is -1.82. The third-order valence-corrected chi connectivity index (χ3v) is 2.48. The fraction of sp³-hybridized carbons (Fsp3) is 0. The van der Waals surface area contributed by atoms with Gasteiger partial charge in [0.2, 0.25) is 0 Å². The van der Waals surface area contributed by atoms with Crippen molar-refractivity contribution in [1.82, 2.24) is 9.38 Å². The summed E-state index contributed by atoms with van der Waals surface area (Å²) in [5, 5.41) is 0. The second-order valence-corrected chi connectivity index (χ2v) is 3.88. The van der Waals surface area contributed by atoms with E-state index in [4.69, 9.17) is 0 Å². The average molecular weight is 276 g/mol. The Morgan fingerprint density at radius 1 is 1.27 bits per heavy atom. The van der Waals surface area contributed by atoms with Crippen molar-refractivity contribution < 1.29 is 0 Å². The molecule has 0 atom stereocenters. The minimum atomic E-state index is 0.945. The summed E-state index contributed by atoms with van der Waals surface area (Å²) in [6, 6.07) is 3.92. The molecule has 0 aliphatic rings. The predicted octanol–water partition coefficient (Wildman–Crippen LogP) is 2.86. The second kappa shape index (κ2) is 2.60. The first-order valence-corrected chi connectivity index (χ1v) is 4.64.